The van der Waals surface area contributed by atoms with Crippen molar-refractivity contribution in [3.63, 3.8) is 0 Å². The molecule has 0 aliphatic heterocycles. The maximum Gasteiger partial charge on any atom is 0.387 e. The second-order valence-electron chi connectivity index (χ2n) is 3.12. The van der Waals surface area contributed by atoms with E-state index in [0.717, 1.165) is 18.2 Å². The van der Waals surface area contributed by atoms with E-state index in [1.54, 1.807) is 0 Å². The number of carboxylic acids is 1. The maximum atomic E-state index is 13.3. The van der Waals surface area contributed by atoms with Crippen molar-refractivity contribution in [3.8, 4) is 5.75 Å². The molecule has 0 spiro atoms. The number of aliphatic carboxylic acids is 1. The summed E-state index contributed by atoms with van der Waals surface area (Å²) in [7, 11) is 0. The summed E-state index contributed by atoms with van der Waals surface area (Å²) < 4.78 is 40.9. The first kappa shape index (κ1) is 12.4. The Bertz CT molecular complexity index is 393. The van der Waals surface area contributed by atoms with E-state index in [0.29, 0.717) is 0 Å². The highest BCUT2D eigenvalue weighted by molar-refractivity contribution is 5.75. The van der Waals surface area contributed by atoms with Gasteiger partial charge in [0.1, 0.15) is 11.6 Å². The number of hydrogen-bond donors (Lipinski definition) is 1. The van der Waals surface area contributed by atoms with Gasteiger partial charge >= 0.3 is 12.6 Å². The molecule has 1 unspecified atom stereocenters. The van der Waals surface area contributed by atoms with Gasteiger partial charge in [0.15, 0.2) is 0 Å². The number of carbonyl (C=O) groups is 1. The van der Waals surface area contributed by atoms with Gasteiger partial charge in [0.2, 0.25) is 0 Å². The van der Waals surface area contributed by atoms with Crippen LogP contribution in [0.5, 0.6) is 5.75 Å². The Morgan fingerprint density at radius 3 is 2.50 bits per heavy atom. The van der Waals surface area contributed by atoms with Crippen molar-refractivity contribution in [2.24, 2.45) is 0 Å². The van der Waals surface area contributed by atoms with Gasteiger partial charge in [-0.15, -0.1) is 0 Å². The van der Waals surface area contributed by atoms with Crippen LogP contribution in [0.4, 0.5) is 13.2 Å². The predicted octanol–water partition coefficient (Wildman–Crippen LogP) is 2.62. The van der Waals surface area contributed by atoms with Crippen molar-refractivity contribution < 1.29 is 27.8 Å². The molecule has 3 nitrogen and oxygen atoms in total. The first-order chi connectivity index (χ1) is 7.41. The normalized spacial score (nSPS) is 12.6. The fraction of sp³-hybridized carbons (Fsp3) is 0.300. The molecule has 0 saturated carbocycles. The van der Waals surface area contributed by atoms with Gasteiger partial charge in [0.25, 0.3) is 0 Å². The number of benzene rings is 1. The molecule has 88 valence electrons. The van der Waals surface area contributed by atoms with Gasteiger partial charge in [-0.05, 0) is 13.0 Å². The molecule has 0 saturated heterocycles. The zero-order valence-electron chi connectivity index (χ0n) is 8.28. The lowest BCUT2D eigenvalue weighted by Crippen LogP contribution is -2.10. The van der Waals surface area contributed by atoms with E-state index in [1.807, 2.05) is 0 Å². The van der Waals surface area contributed by atoms with E-state index in [1.165, 1.54) is 6.92 Å². The predicted molar refractivity (Wildman–Crippen MR) is 49.1 cm³/mol. The van der Waals surface area contributed by atoms with Gasteiger partial charge in [-0.1, -0.05) is 6.07 Å². The molecule has 0 aliphatic carbocycles. The Morgan fingerprint density at radius 1 is 1.44 bits per heavy atom. The van der Waals surface area contributed by atoms with Crippen LogP contribution in [0.3, 0.4) is 0 Å². The van der Waals surface area contributed by atoms with E-state index in [9.17, 15) is 18.0 Å². The molecular formula is C10H9F3O3. The van der Waals surface area contributed by atoms with E-state index < -0.39 is 24.3 Å². The number of halogens is 3. The number of ether oxygens (including phenoxy) is 1. The van der Waals surface area contributed by atoms with Crippen molar-refractivity contribution in [1.29, 1.82) is 0 Å². The van der Waals surface area contributed by atoms with Crippen LogP contribution in [-0.2, 0) is 4.79 Å². The molecule has 1 aromatic carbocycles. The molecule has 16 heavy (non-hydrogen) atoms. The molecule has 1 rings (SSSR count). The summed E-state index contributed by atoms with van der Waals surface area (Å²) in [6.07, 6.45) is 0. The number of rotatable bonds is 4. The highest BCUT2D eigenvalue weighted by Gasteiger charge is 2.18. The fourth-order valence-electron chi connectivity index (χ4n) is 1.17. The maximum absolute atomic E-state index is 13.3. The Hall–Kier alpha value is -1.72. The van der Waals surface area contributed by atoms with Crippen LogP contribution in [0.15, 0.2) is 18.2 Å². The van der Waals surface area contributed by atoms with Crippen LogP contribution in [0, 0.1) is 5.82 Å². The molecule has 1 N–H and O–H groups in total. The molecule has 1 aromatic rings. The quantitative estimate of drug-likeness (QED) is 0.870. The van der Waals surface area contributed by atoms with Gasteiger partial charge in [-0.2, -0.15) is 8.78 Å². The molecule has 0 aromatic heterocycles. The standard InChI is InChI=1S/C10H9F3O3/c1-5(9(14)15)7-3-2-6(4-8(7)11)16-10(12)13/h2-5,10H,1H3,(H,14,15). The minimum absolute atomic E-state index is 0.0749. The SMILES string of the molecule is CC(C(=O)O)c1ccc(OC(F)F)cc1F. The molecule has 0 aliphatic rings. The largest absolute Gasteiger partial charge is 0.481 e. The average Bonchev–Trinajstić information content (AvgIpc) is 2.15. The van der Waals surface area contributed by atoms with Crippen molar-refractivity contribution in [2.75, 3.05) is 0 Å². The second kappa shape index (κ2) is 4.87. The molecule has 0 amide bonds. The summed E-state index contributed by atoms with van der Waals surface area (Å²) in [6, 6.07) is 2.96. The molecule has 0 heterocycles. The molecule has 0 fully saturated rings. The van der Waals surface area contributed by atoms with E-state index in [4.69, 9.17) is 5.11 Å². The summed E-state index contributed by atoms with van der Waals surface area (Å²) in [6.45, 7) is -1.74. The topological polar surface area (TPSA) is 46.5 Å². The average molecular weight is 234 g/mol. The summed E-state index contributed by atoms with van der Waals surface area (Å²) in [5, 5.41) is 8.66. The zero-order valence-corrected chi connectivity index (χ0v) is 8.28. The Balaban J connectivity index is 2.95. The first-order valence-corrected chi connectivity index (χ1v) is 4.39. The summed E-state index contributed by atoms with van der Waals surface area (Å²) >= 11 is 0. The zero-order chi connectivity index (χ0) is 12.3. The first-order valence-electron chi connectivity index (χ1n) is 4.39. The van der Waals surface area contributed by atoms with Gasteiger partial charge in [0, 0.05) is 11.6 Å². The van der Waals surface area contributed by atoms with Crippen LogP contribution in [0.2, 0.25) is 0 Å². The minimum Gasteiger partial charge on any atom is -0.481 e. The van der Waals surface area contributed by atoms with Gasteiger partial charge in [-0.25, -0.2) is 4.39 Å². The molecule has 0 bridgehead atoms. The molecular weight excluding hydrogens is 225 g/mol. The summed E-state index contributed by atoms with van der Waals surface area (Å²) in [4.78, 5) is 10.6. The summed E-state index contributed by atoms with van der Waals surface area (Å²) in [5.41, 5.74) is -0.0749. The van der Waals surface area contributed by atoms with Crippen LogP contribution in [-0.4, -0.2) is 17.7 Å². The Morgan fingerprint density at radius 2 is 2.06 bits per heavy atom. The van der Waals surface area contributed by atoms with Crippen molar-refractivity contribution in [1.82, 2.24) is 0 Å². The highest BCUT2D eigenvalue weighted by Crippen LogP contribution is 2.24. The van der Waals surface area contributed by atoms with Crippen molar-refractivity contribution in [2.45, 2.75) is 19.5 Å². The van der Waals surface area contributed by atoms with Gasteiger partial charge in [0.05, 0.1) is 5.92 Å². The van der Waals surface area contributed by atoms with E-state index >= 15 is 0 Å². The third-order valence-corrected chi connectivity index (χ3v) is 2.03. The molecule has 1 atom stereocenters. The lowest BCUT2D eigenvalue weighted by molar-refractivity contribution is -0.138. The lowest BCUT2D eigenvalue weighted by atomic mass is 10.0. The molecule has 6 heteroatoms. The highest BCUT2D eigenvalue weighted by atomic mass is 19.3. The van der Waals surface area contributed by atoms with Gasteiger partial charge in [-0.3, -0.25) is 4.79 Å². The minimum atomic E-state index is -3.04. The van der Waals surface area contributed by atoms with Crippen LogP contribution in [0.25, 0.3) is 0 Å². The monoisotopic (exact) mass is 234 g/mol. The van der Waals surface area contributed by atoms with Crippen molar-refractivity contribution >= 4 is 5.97 Å². The Kier molecular flexibility index (Phi) is 3.76. The fourth-order valence-corrected chi connectivity index (χ4v) is 1.17. The third kappa shape index (κ3) is 2.88. The number of alkyl halides is 2. The smallest absolute Gasteiger partial charge is 0.387 e. The lowest BCUT2D eigenvalue weighted by Gasteiger charge is -2.10. The van der Waals surface area contributed by atoms with E-state index in [-0.39, 0.29) is 11.3 Å². The second-order valence-corrected chi connectivity index (χ2v) is 3.12. The molecule has 0 radical (unpaired) electrons. The van der Waals surface area contributed by atoms with E-state index in [2.05, 4.69) is 4.74 Å². The Labute approximate surface area is 89.5 Å². The van der Waals surface area contributed by atoms with Gasteiger partial charge < -0.3 is 9.84 Å². The van der Waals surface area contributed by atoms with Crippen LogP contribution >= 0.6 is 0 Å². The van der Waals surface area contributed by atoms with Crippen molar-refractivity contribution in [3.05, 3.63) is 29.6 Å². The third-order valence-electron chi connectivity index (χ3n) is 2.03. The number of hydrogen-bond acceptors (Lipinski definition) is 2. The summed E-state index contributed by atoms with van der Waals surface area (Å²) in [5.74, 6) is -3.45. The van der Waals surface area contributed by atoms with Crippen LogP contribution < -0.4 is 4.74 Å². The number of carboxylic acid groups (broad SMARTS) is 1. The van der Waals surface area contributed by atoms with Crippen LogP contribution in [0.1, 0.15) is 18.4 Å².